The van der Waals surface area contributed by atoms with Crippen molar-refractivity contribution in [2.24, 2.45) is 17.8 Å². The highest BCUT2D eigenvalue weighted by molar-refractivity contribution is 5.86. The number of nitriles is 1. The molecule has 0 amide bonds. The van der Waals surface area contributed by atoms with Crippen molar-refractivity contribution < 1.29 is 0 Å². The van der Waals surface area contributed by atoms with E-state index >= 15 is 0 Å². The Morgan fingerprint density at radius 3 is 1.62 bits per heavy atom. The van der Waals surface area contributed by atoms with E-state index in [0.717, 1.165) is 56.7 Å². The molecule has 232 valence electrons. The largest absolute Gasteiger partial charge is 0.208 e. The molecule has 4 heteroatoms. The minimum absolute atomic E-state index is 0.353. The van der Waals surface area contributed by atoms with E-state index in [2.05, 4.69) is 84.9 Å². The van der Waals surface area contributed by atoms with E-state index < -0.39 is 0 Å². The van der Waals surface area contributed by atoms with Crippen LogP contribution in [0.15, 0.2) is 127 Å². The van der Waals surface area contributed by atoms with Crippen molar-refractivity contribution in [3.8, 4) is 62.5 Å². The van der Waals surface area contributed by atoms with Gasteiger partial charge in [-0.25, -0.2) is 15.0 Å². The SMILES string of the molecule is N#Cc1cccc(-c2ccc(-c3nc(-c4ccccc4)nc(-c4ccc(C56CC7CC(CC(C7)C5)C6)cc4)n3)c(-c3ccccc3)c2)c1. The maximum atomic E-state index is 9.53. The Morgan fingerprint density at radius 2 is 1.00 bits per heavy atom. The van der Waals surface area contributed by atoms with Crippen molar-refractivity contribution >= 4 is 0 Å². The summed E-state index contributed by atoms with van der Waals surface area (Å²) in [5.74, 6) is 4.72. The lowest BCUT2D eigenvalue weighted by Gasteiger charge is -2.57. The third-order valence-corrected chi connectivity index (χ3v) is 11.1. The summed E-state index contributed by atoms with van der Waals surface area (Å²) in [5.41, 5.74) is 9.54. The van der Waals surface area contributed by atoms with Crippen molar-refractivity contribution in [1.82, 2.24) is 15.0 Å². The highest BCUT2D eigenvalue weighted by Crippen LogP contribution is 2.60. The molecule has 48 heavy (non-hydrogen) atoms. The van der Waals surface area contributed by atoms with Crippen LogP contribution in [0, 0.1) is 29.1 Å². The summed E-state index contributed by atoms with van der Waals surface area (Å²) in [5, 5.41) is 9.53. The molecule has 4 fully saturated rings. The maximum absolute atomic E-state index is 9.53. The van der Waals surface area contributed by atoms with Crippen LogP contribution in [0.25, 0.3) is 56.4 Å². The second kappa shape index (κ2) is 11.7. The van der Waals surface area contributed by atoms with Crippen LogP contribution >= 0.6 is 0 Å². The van der Waals surface area contributed by atoms with Gasteiger partial charge in [-0.2, -0.15) is 5.26 Å². The van der Waals surface area contributed by atoms with Gasteiger partial charge in [0.25, 0.3) is 0 Å². The van der Waals surface area contributed by atoms with Gasteiger partial charge in [-0.15, -0.1) is 0 Å². The Labute approximate surface area is 282 Å². The van der Waals surface area contributed by atoms with Crippen molar-refractivity contribution in [3.05, 3.63) is 139 Å². The Morgan fingerprint density at radius 1 is 0.479 bits per heavy atom. The Bertz CT molecular complexity index is 2130. The first-order valence-corrected chi connectivity index (χ1v) is 17.3. The third kappa shape index (κ3) is 5.20. The van der Waals surface area contributed by atoms with Crippen LogP contribution in [0.3, 0.4) is 0 Å². The average Bonchev–Trinajstić information content (AvgIpc) is 3.15. The van der Waals surface area contributed by atoms with Crippen LogP contribution in [0.4, 0.5) is 0 Å². The zero-order valence-electron chi connectivity index (χ0n) is 26.9. The fraction of sp³-hybridized carbons (Fsp3) is 0.227. The lowest BCUT2D eigenvalue weighted by atomic mass is 9.48. The summed E-state index contributed by atoms with van der Waals surface area (Å²) in [7, 11) is 0. The molecule has 1 aromatic heterocycles. The van der Waals surface area contributed by atoms with Crippen molar-refractivity contribution in [3.63, 3.8) is 0 Å². The monoisotopic (exact) mass is 620 g/mol. The number of rotatable bonds is 6. The van der Waals surface area contributed by atoms with Crippen molar-refractivity contribution in [2.45, 2.75) is 43.9 Å². The van der Waals surface area contributed by atoms with Crippen LogP contribution in [0.1, 0.15) is 49.7 Å². The molecule has 0 radical (unpaired) electrons. The first kappa shape index (κ1) is 28.8. The normalized spacial score (nSPS) is 22.4. The number of nitrogens with zero attached hydrogens (tertiary/aromatic N) is 4. The van der Waals surface area contributed by atoms with Crippen molar-refractivity contribution in [2.75, 3.05) is 0 Å². The zero-order valence-corrected chi connectivity index (χ0v) is 26.9. The summed E-state index contributed by atoms with van der Waals surface area (Å²) in [6.45, 7) is 0. The zero-order chi connectivity index (χ0) is 32.1. The van der Waals surface area contributed by atoms with Crippen LogP contribution < -0.4 is 0 Å². The van der Waals surface area contributed by atoms with E-state index in [-0.39, 0.29) is 0 Å². The van der Waals surface area contributed by atoms with Crippen LogP contribution in [-0.2, 0) is 5.41 Å². The Balaban J connectivity index is 1.16. The molecular formula is C44H36N4. The predicted molar refractivity (Wildman–Crippen MR) is 192 cm³/mol. The van der Waals surface area contributed by atoms with E-state index in [1.807, 2.05) is 48.5 Å². The number of hydrogen-bond donors (Lipinski definition) is 0. The molecule has 5 aromatic carbocycles. The quantitative estimate of drug-likeness (QED) is 0.186. The second-order valence-electron chi connectivity index (χ2n) is 14.3. The molecule has 10 rings (SSSR count). The lowest BCUT2D eigenvalue weighted by Crippen LogP contribution is -2.48. The van der Waals surface area contributed by atoms with Crippen molar-refractivity contribution in [1.29, 1.82) is 5.26 Å². The summed E-state index contributed by atoms with van der Waals surface area (Å²) < 4.78 is 0. The van der Waals surface area contributed by atoms with Crippen LogP contribution in [-0.4, -0.2) is 15.0 Å². The molecule has 0 unspecified atom stereocenters. The molecule has 0 N–H and O–H groups in total. The Hall–Kier alpha value is -5.40. The molecule has 4 aliphatic carbocycles. The molecule has 4 bridgehead atoms. The maximum Gasteiger partial charge on any atom is 0.164 e. The highest BCUT2D eigenvalue weighted by atomic mass is 15.0. The molecule has 0 atom stereocenters. The fourth-order valence-corrected chi connectivity index (χ4v) is 9.32. The van der Waals surface area contributed by atoms with E-state index in [0.29, 0.717) is 28.5 Å². The highest BCUT2D eigenvalue weighted by Gasteiger charge is 2.51. The molecule has 4 saturated carbocycles. The second-order valence-corrected chi connectivity index (χ2v) is 14.3. The first-order valence-electron chi connectivity index (χ1n) is 17.3. The number of benzene rings is 5. The standard InChI is InChI=1S/C44H36N4/c45-28-29-8-7-13-36(23-29)37-16-19-39(40(24-37)33-9-3-1-4-10-33)43-47-41(34-11-5-2-6-12-34)46-42(48-43)35-14-17-38(18-15-35)44-25-30-20-31(26-44)22-32(21-30)27-44/h1-19,23-24,30-32H,20-22,25-27H2. The molecule has 4 aliphatic rings. The molecule has 6 aromatic rings. The topological polar surface area (TPSA) is 62.5 Å². The van der Waals surface area contributed by atoms with Crippen LogP contribution in [0.2, 0.25) is 0 Å². The van der Waals surface area contributed by atoms with E-state index in [4.69, 9.17) is 15.0 Å². The Kier molecular flexibility index (Phi) is 7.01. The van der Waals surface area contributed by atoms with Gasteiger partial charge in [0, 0.05) is 16.7 Å². The van der Waals surface area contributed by atoms with Gasteiger partial charge in [0.05, 0.1) is 11.6 Å². The van der Waals surface area contributed by atoms with Gasteiger partial charge in [-0.1, -0.05) is 103 Å². The molecule has 4 nitrogen and oxygen atoms in total. The van der Waals surface area contributed by atoms with Gasteiger partial charge >= 0.3 is 0 Å². The minimum atomic E-state index is 0.353. The summed E-state index contributed by atoms with van der Waals surface area (Å²) in [6, 6.07) is 46.2. The smallest absolute Gasteiger partial charge is 0.164 e. The van der Waals surface area contributed by atoms with Crippen LogP contribution in [0.5, 0.6) is 0 Å². The average molecular weight is 621 g/mol. The van der Waals surface area contributed by atoms with E-state index in [1.165, 1.54) is 44.1 Å². The van der Waals surface area contributed by atoms with E-state index in [9.17, 15) is 5.26 Å². The number of hydrogen-bond acceptors (Lipinski definition) is 4. The molecule has 0 saturated heterocycles. The van der Waals surface area contributed by atoms with Gasteiger partial charge in [-0.05, 0) is 114 Å². The summed E-state index contributed by atoms with van der Waals surface area (Å²) >= 11 is 0. The predicted octanol–water partition coefficient (Wildman–Crippen LogP) is 10.5. The van der Waals surface area contributed by atoms with Gasteiger partial charge < -0.3 is 0 Å². The molecular weight excluding hydrogens is 585 g/mol. The van der Waals surface area contributed by atoms with Gasteiger partial charge in [-0.3, -0.25) is 0 Å². The molecule has 0 spiro atoms. The first-order chi connectivity index (χ1) is 23.6. The fourth-order valence-electron chi connectivity index (χ4n) is 9.32. The summed E-state index contributed by atoms with van der Waals surface area (Å²) in [6.07, 6.45) is 8.41. The summed E-state index contributed by atoms with van der Waals surface area (Å²) in [4.78, 5) is 15.3. The van der Waals surface area contributed by atoms with Gasteiger partial charge in [0.1, 0.15) is 0 Å². The van der Waals surface area contributed by atoms with Gasteiger partial charge in [0.15, 0.2) is 17.5 Å². The molecule has 0 aliphatic heterocycles. The third-order valence-electron chi connectivity index (χ3n) is 11.1. The molecule has 1 heterocycles. The van der Waals surface area contributed by atoms with E-state index in [1.54, 1.807) is 0 Å². The number of aromatic nitrogens is 3. The lowest BCUT2D eigenvalue weighted by molar-refractivity contribution is -0.00518. The minimum Gasteiger partial charge on any atom is -0.208 e. The van der Waals surface area contributed by atoms with Gasteiger partial charge in [0.2, 0.25) is 0 Å².